The second-order valence-electron chi connectivity index (χ2n) is 13.4. The van der Waals surface area contributed by atoms with Gasteiger partial charge in [0.25, 0.3) is 0 Å². The summed E-state index contributed by atoms with van der Waals surface area (Å²) in [6.45, 7) is 15.9. The molecule has 9 atom stereocenters. The van der Waals surface area contributed by atoms with Gasteiger partial charge in [-0.25, -0.2) is 4.79 Å². The maximum atomic E-state index is 11.9. The molecule has 188 valence electrons. The number of hydrogen-bond acceptors (Lipinski definition) is 3. The second-order valence-corrected chi connectivity index (χ2v) is 13.4. The highest BCUT2D eigenvalue weighted by Gasteiger charge is 2.60. The summed E-state index contributed by atoms with van der Waals surface area (Å²) in [6.07, 6.45) is 15.6. The van der Waals surface area contributed by atoms with Gasteiger partial charge in [0.05, 0.1) is 0 Å². The molecule has 1 N–H and O–H groups in total. The molecule has 0 spiro atoms. The normalized spacial score (nSPS) is 43.3. The van der Waals surface area contributed by atoms with E-state index in [-0.39, 0.29) is 6.10 Å². The predicted molar refractivity (Wildman–Crippen MR) is 135 cm³/mol. The van der Waals surface area contributed by atoms with Gasteiger partial charge in [-0.05, 0) is 117 Å². The van der Waals surface area contributed by atoms with Crippen LogP contribution in [0.1, 0.15) is 112 Å². The third-order valence-corrected chi connectivity index (χ3v) is 11.3. The van der Waals surface area contributed by atoms with Crippen molar-refractivity contribution in [1.82, 2.24) is 0 Å². The molecule has 0 bridgehead atoms. The molecule has 0 saturated heterocycles. The Morgan fingerprint density at radius 3 is 2.36 bits per heavy atom. The van der Waals surface area contributed by atoms with Gasteiger partial charge in [-0.3, -0.25) is 0 Å². The predicted octanol–water partition coefficient (Wildman–Crippen LogP) is 8.09. The summed E-state index contributed by atoms with van der Waals surface area (Å²) in [5, 5.41) is 9.36. The Morgan fingerprint density at radius 2 is 1.67 bits per heavy atom. The van der Waals surface area contributed by atoms with E-state index in [2.05, 4.69) is 41.2 Å². The molecule has 0 aliphatic heterocycles. The van der Waals surface area contributed by atoms with Crippen LogP contribution in [0.4, 0.5) is 0 Å². The van der Waals surface area contributed by atoms with Crippen molar-refractivity contribution in [3.05, 3.63) is 12.3 Å². The fourth-order valence-electron chi connectivity index (χ4n) is 9.57. The highest BCUT2D eigenvalue weighted by molar-refractivity contribution is 5.85. The third kappa shape index (κ3) is 4.64. The molecule has 0 heterocycles. The van der Waals surface area contributed by atoms with E-state index in [1.165, 1.54) is 57.8 Å². The van der Waals surface area contributed by atoms with Gasteiger partial charge in [0.15, 0.2) is 5.76 Å². The van der Waals surface area contributed by atoms with Crippen molar-refractivity contribution in [2.45, 2.75) is 118 Å². The molecule has 4 fully saturated rings. The largest absolute Gasteiger partial charge is 0.502 e. The molecule has 0 radical (unpaired) electrons. The van der Waals surface area contributed by atoms with E-state index in [0.717, 1.165) is 54.8 Å². The first-order chi connectivity index (χ1) is 15.6. The van der Waals surface area contributed by atoms with Crippen molar-refractivity contribution >= 4 is 5.97 Å². The van der Waals surface area contributed by atoms with Crippen LogP contribution in [0.5, 0.6) is 0 Å². The van der Waals surface area contributed by atoms with Crippen LogP contribution in [0.15, 0.2) is 12.3 Å². The van der Waals surface area contributed by atoms with Gasteiger partial charge < -0.3 is 9.84 Å². The Labute approximate surface area is 203 Å². The Morgan fingerprint density at radius 1 is 0.970 bits per heavy atom. The number of hydrogen-bond donors (Lipinski definition) is 1. The van der Waals surface area contributed by atoms with Crippen LogP contribution in [0, 0.1) is 52.3 Å². The summed E-state index contributed by atoms with van der Waals surface area (Å²) in [6, 6.07) is 0. The molecule has 4 aliphatic carbocycles. The number of rotatable bonds is 7. The molecule has 0 aromatic rings. The lowest BCUT2D eigenvalue weighted by atomic mass is 9.44. The van der Waals surface area contributed by atoms with Crippen molar-refractivity contribution in [3.8, 4) is 0 Å². The second kappa shape index (κ2) is 9.57. The standard InChI is InChI=1S/C30H50O3/c1-19(2)8-7-9-20(3)25-12-13-26-24-11-10-22-18-23(33-28(32)21(4)31)14-16-29(22,5)27(24)15-17-30(25,26)6/h19-20,22-27,31H,4,7-18H2,1-3,5-6H3/t20-,22+,23+,24+,25-,26+,27+,29+,30-/m1/s1. The maximum absolute atomic E-state index is 11.9. The van der Waals surface area contributed by atoms with Crippen LogP contribution in [0.2, 0.25) is 0 Å². The summed E-state index contributed by atoms with van der Waals surface area (Å²) >= 11 is 0. The molecule has 3 heteroatoms. The first kappa shape index (κ1) is 25.1. The molecular weight excluding hydrogens is 408 g/mol. The molecule has 0 aromatic carbocycles. The third-order valence-electron chi connectivity index (χ3n) is 11.3. The average molecular weight is 459 g/mol. The van der Waals surface area contributed by atoms with Crippen LogP contribution in [0.25, 0.3) is 0 Å². The Balaban J connectivity index is 1.41. The number of aliphatic hydroxyl groups is 1. The first-order valence-electron chi connectivity index (χ1n) is 14.1. The highest BCUT2D eigenvalue weighted by Crippen LogP contribution is 2.68. The Hall–Kier alpha value is -0.990. The Bertz CT molecular complexity index is 728. The van der Waals surface area contributed by atoms with Gasteiger partial charge in [-0.1, -0.05) is 53.9 Å². The molecule has 3 nitrogen and oxygen atoms in total. The number of carbonyl (C=O) groups excluding carboxylic acids is 1. The summed E-state index contributed by atoms with van der Waals surface area (Å²) in [7, 11) is 0. The minimum atomic E-state index is -0.634. The van der Waals surface area contributed by atoms with E-state index in [0.29, 0.717) is 16.7 Å². The lowest BCUT2D eigenvalue weighted by Gasteiger charge is -2.61. The molecular formula is C30H50O3. The van der Waals surface area contributed by atoms with E-state index in [9.17, 15) is 9.90 Å². The van der Waals surface area contributed by atoms with Crippen molar-refractivity contribution in [1.29, 1.82) is 0 Å². The fourth-order valence-corrected chi connectivity index (χ4v) is 9.57. The summed E-state index contributed by atoms with van der Waals surface area (Å²) in [4.78, 5) is 11.9. The van der Waals surface area contributed by atoms with Crippen LogP contribution in [-0.2, 0) is 9.53 Å². The van der Waals surface area contributed by atoms with Crippen LogP contribution in [-0.4, -0.2) is 17.2 Å². The minimum Gasteiger partial charge on any atom is -0.502 e. The van der Waals surface area contributed by atoms with Gasteiger partial charge in [-0.2, -0.15) is 0 Å². The molecule has 0 aromatic heterocycles. The quantitative estimate of drug-likeness (QED) is 0.238. The van der Waals surface area contributed by atoms with Crippen molar-refractivity contribution < 1.29 is 14.6 Å². The molecule has 4 rings (SSSR count). The van der Waals surface area contributed by atoms with Crippen molar-refractivity contribution in [3.63, 3.8) is 0 Å². The number of esters is 1. The Kier molecular flexibility index (Phi) is 7.29. The molecule has 0 unspecified atom stereocenters. The van der Waals surface area contributed by atoms with E-state index in [1.807, 2.05) is 0 Å². The molecule has 33 heavy (non-hydrogen) atoms. The topological polar surface area (TPSA) is 46.5 Å². The molecule has 0 amide bonds. The number of fused-ring (bicyclic) bond motifs is 5. The number of ether oxygens (including phenoxy) is 1. The fraction of sp³-hybridized carbons (Fsp3) is 0.900. The highest BCUT2D eigenvalue weighted by atomic mass is 16.6. The summed E-state index contributed by atoms with van der Waals surface area (Å²) < 4.78 is 5.57. The number of carbonyl (C=O) groups is 1. The zero-order valence-electron chi connectivity index (χ0n) is 22.1. The minimum absolute atomic E-state index is 0.0487. The van der Waals surface area contributed by atoms with E-state index in [1.54, 1.807) is 0 Å². The first-order valence-corrected chi connectivity index (χ1v) is 14.1. The van der Waals surface area contributed by atoms with Gasteiger partial charge >= 0.3 is 5.97 Å². The molecule has 4 aliphatic rings. The van der Waals surface area contributed by atoms with Gasteiger partial charge in [0.2, 0.25) is 0 Å². The van der Waals surface area contributed by atoms with E-state index < -0.39 is 11.7 Å². The SMILES string of the molecule is C=C(O)C(=O)O[C@H]1CC[C@@]2(C)[C@@H](CC[C@@H]3[C@@H]2CC[C@]2(C)[C@@H]([C@H](C)CCCC(C)C)CC[C@@H]32)C1. The smallest absolute Gasteiger partial charge is 0.372 e. The van der Waals surface area contributed by atoms with E-state index >= 15 is 0 Å². The average Bonchev–Trinajstić information content (AvgIpc) is 3.11. The zero-order chi connectivity index (χ0) is 24.0. The molecule has 4 saturated carbocycles. The van der Waals surface area contributed by atoms with Crippen LogP contribution < -0.4 is 0 Å². The lowest BCUT2D eigenvalue weighted by Crippen LogP contribution is -2.54. The van der Waals surface area contributed by atoms with Gasteiger partial charge in [0.1, 0.15) is 6.10 Å². The monoisotopic (exact) mass is 458 g/mol. The van der Waals surface area contributed by atoms with Crippen LogP contribution in [0.3, 0.4) is 0 Å². The van der Waals surface area contributed by atoms with Crippen LogP contribution >= 0.6 is 0 Å². The van der Waals surface area contributed by atoms with Gasteiger partial charge in [-0.15, -0.1) is 0 Å². The zero-order valence-corrected chi connectivity index (χ0v) is 22.1. The van der Waals surface area contributed by atoms with Crippen molar-refractivity contribution in [2.75, 3.05) is 0 Å². The summed E-state index contributed by atoms with van der Waals surface area (Å²) in [5.41, 5.74) is 0.945. The van der Waals surface area contributed by atoms with E-state index in [4.69, 9.17) is 4.74 Å². The van der Waals surface area contributed by atoms with Crippen molar-refractivity contribution in [2.24, 2.45) is 52.3 Å². The van der Waals surface area contributed by atoms with Gasteiger partial charge in [0, 0.05) is 0 Å². The summed E-state index contributed by atoms with van der Waals surface area (Å²) in [5.74, 6) is 4.82. The number of aliphatic hydroxyl groups excluding tert-OH is 1. The maximum Gasteiger partial charge on any atom is 0.372 e. The lowest BCUT2D eigenvalue weighted by molar-refractivity contribution is -0.161.